The summed E-state index contributed by atoms with van der Waals surface area (Å²) in [6.07, 6.45) is 1.57. The van der Waals surface area contributed by atoms with Crippen molar-refractivity contribution in [3.8, 4) is 0 Å². The molecule has 0 aliphatic heterocycles. The van der Waals surface area contributed by atoms with Crippen LogP contribution in [0, 0.1) is 0 Å². The number of pyridine rings is 2. The number of hydrogen-bond acceptors (Lipinski definition) is 3. The largest absolute Gasteiger partial charge is 0.322 e. The summed E-state index contributed by atoms with van der Waals surface area (Å²) >= 11 is 0. The van der Waals surface area contributed by atoms with Gasteiger partial charge in [-0.25, -0.2) is 0 Å². The fraction of sp³-hybridized carbons (Fsp3) is 0.167. The molecule has 0 spiro atoms. The third kappa shape index (κ3) is 3.13. The Balaban J connectivity index is 1.98. The highest BCUT2D eigenvalue weighted by molar-refractivity contribution is 6.03. The normalized spacial score (nSPS) is 10.9. The highest BCUT2D eigenvalue weighted by Gasteiger charge is 2.10. The van der Waals surface area contributed by atoms with E-state index in [-0.39, 0.29) is 17.4 Å². The van der Waals surface area contributed by atoms with Crippen molar-refractivity contribution in [3.63, 3.8) is 0 Å². The van der Waals surface area contributed by atoms with Crippen molar-refractivity contribution < 1.29 is 4.79 Å². The molecule has 0 saturated carbocycles. The van der Waals surface area contributed by atoms with Crippen molar-refractivity contribution in [3.05, 3.63) is 70.3 Å². The number of carbonyl (C=O) groups excluding carboxylic acids is 1. The van der Waals surface area contributed by atoms with Crippen LogP contribution in [-0.4, -0.2) is 15.9 Å². The summed E-state index contributed by atoms with van der Waals surface area (Å²) in [5.41, 5.74) is 2.52. The maximum atomic E-state index is 12.1. The summed E-state index contributed by atoms with van der Waals surface area (Å²) in [5, 5.41) is 3.78. The van der Waals surface area contributed by atoms with E-state index in [1.54, 1.807) is 36.5 Å². The van der Waals surface area contributed by atoms with E-state index >= 15 is 0 Å². The molecule has 2 aromatic heterocycles. The summed E-state index contributed by atoms with van der Waals surface area (Å²) < 4.78 is 0. The summed E-state index contributed by atoms with van der Waals surface area (Å²) in [7, 11) is 0. The molecule has 0 aliphatic rings. The molecule has 2 N–H and O–H groups in total. The SMILES string of the molecule is CC(C)c1cc(=O)[nH]c2cc(NC(=O)c3ccccn3)ccc12. The van der Waals surface area contributed by atoms with Gasteiger partial charge in [-0.3, -0.25) is 14.6 Å². The van der Waals surface area contributed by atoms with Crippen LogP contribution in [0.15, 0.2) is 53.5 Å². The number of anilines is 1. The first kappa shape index (κ1) is 15.0. The smallest absolute Gasteiger partial charge is 0.274 e. The van der Waals surface area contributed by atoms with Crippen LogP contribution in [0.25, 0.3) is 10.9 Å². The Morgan fingerprint density at radius 2 is 2.00 bits per heavy atom. The van der Waals surface area contributed by atoms with E-state index < -0.39 is 0 Å². The highest BCUT2D eigenvalue weighted by Crippen LogP contribution is 2.25. The number of fused-ring (bicyclic) bond motifs is 1. The van der Waals surface area contributed by atoms with Gasteiger partial charge in [-0.05, 0) is 35.7 Å². The molecule has 0 unspecified atom stereocenters. The summed E-state index contributed by atoms with van der Waals surface area (Å²) in [6, 6.07) is 12.3. The van der Waals surface area contributed by atoms with Crippen molar-refractivity contribution in [1.82, 2.24) is 9.97 Å². The van der Waals surface area contributed by atoms with Gasteiger partial charge in [-0.1, -0.05) is 26.0 Å². The monoisotopic (exact) mass is 307 g/mol. The summed E-state index contributed by atoms with van der Waals surface area (Å²) in [4.78, 5) is 30.8. The Morgan fingerprint density at radius 3 is 2.70 bits per heavy atom. The van der Waals surface area contributed by atoms with Crippen LogP contribution in [0.1, 0.15) is 35.8 Å². The van der Waals surface area contributed by atoms with E-state index in [2.05, 4.69) is 15.3 Å². The van der Waals surface area contributed by atoms with Gasteiger partial charge in [0.15, 0.2) is 0 Å². The molecule has 2 heterocycles. The van der Waals surface area contributed by atoms with Crippen molar-refractivity contribution in [1.29, 1.82) is 0 Å². The van der Waals surface area contributed by atoms with Crippen LogP contribution in [0.4, 0.5) is 5.69 Å². The zero-order valence-electron chi connectivity index (χ0n) is 13.0. The van der Waals surface area contributed by atoms with Crippen molar-refractivity contribution in [2.24, 2.45) is 0 Å². The van der Waals surface area contributed by atoms with Crippen LogP contribution >= 0.6 is 0 Å². The Morgan fingerprint density at radius 1 is 1.17 bits per heavy atom. The summed E-state index contributed by atoms with van der Waals surface area (Å²) in [5.74, 6) is -0.0407. The molecule has 0 aliphatic carbocycles. The Labute approximate surface area is 133 Å². The van der Waals surface area contributed by atoms with E-state index in [0.29, 0.717) is 16.9 Å². The maximum Gasteiger partial charge on any atom is 0.274 e. The van der Waals surface area contributed by atoms with Gasteiger partial charge in [0.25, 0.3) is 5.91 Å². The van der Waals surface area contributed by atoms with Gasteiger partial charge in [0, 0.05) is 23.3 Å². The standard InChI is InChI=1S/C18H17N3O2/c1-11(2)14-10-17(22)21-16-9-12(6-7-13(14)16)20-18(23)15-5-3-4-8-19-15/h3-11H,1-2H3,(H,20,23)(H,21,22). The minimum atomic E-state index is -0.285. The minimum Gasteiger partial charge on any atom is -0.322 e. The molecule has 1 aromatic carbocycles. The number of H-pyrrole nitrogens is 1. The van der Waals surface area contributed by atoms with Gasteiger partial charge in [0.05, 0.1) is 5.52 Å². The fourth-order valence-corrected chi connectivity index (χ4v) is 2.53. The first-order valence-corrected chi connectivity index (χ1v) is 7.44. The Kier molecular flexibility index (Phi) is 3.93. The molecular weight excluding hydrogens is 290 g/mol. The average Bonchev–Trinajstić information content (AvgIpc) is 2.54. The Bertz CT molecular complexity index is 914. The van der Waals surface area contributed by atoms with Crippen LogP contribution < -0.4 is 10.9 Å². The first-order chi connectivity index (χ1) is 11.0. The lowest BCUT2D eigenvalue weighted by atomic mass is 9.99. The molecule has 1 amide bonds. The van der Waals surface area contributed by atoms with E-state index in [9.17, 15) is 9.59 Å². The number of carbonyl (C=O) groups is 1. The molecule has 0 saturated heterocycles. The van der Waals surface area contributed by atoms with Gasteiger partial charge in [0.2, 0.25) is 5.56 Å². The molecule has 0 atom stereocenters. The third-order valence-electron chi connectivity index (χ3n) is 3.65. The number of nitrogens with one attached hydrogen (secondary N) is 2. The van der Waals surface area contributed by atoms with E-state index in [4.69, 9.17) is 0 Å². The zero-order chi connectivity index (χ0) is 16.4. The molecule has 3 rings (SSSR count). The quantitative estimate of drug-likeness (QED) is 0.779. The third-order valence-corrected chi connectivity index (χ3v) is 3.65. The number of amides is 1. The predicted molar refractivity (Wildman–Crippen MR) is 90.8 cm³/mol. The average molecular weight is 307 g/mol. The predicted octanol–water partition coefficient (Wildman–Crippen LogP) is 3.30. The lowest BCUT2D eigenvalue weighted by molar-refractivity contribution is 0.102. The van der Waals surface area contributed by atoms with E-state index in [1.165, 1.54) is 0 Å². The number of hydrogen-bond donors (Lipinski definition) is 2. The minimum absolute atomic E-state index is 0.144. The number of aromatic nitrogens is 2. The summed E-state index contributed by atoms with van der Waals surface area (Å²) in [6.45, 7) is 4.09. The van der Waals surface area contributed by atoms with Crippen molar-refractivity contribution in [2.45, 2.75) is 19.8 Å². The molecule has 5 nitrogen and oxygen atoms in total. The van der Waals surface area contributed by atoms with E-state index in [1.807, 2.05) is 26.0 Å². The van der Waals surface area contributed by atoms with Crippen LogP contribution in [-0.2, 0) is 0 Å². The molecule has 3 aromatic rings. The van der Waals surface area contributed by atoms with Crippen molar-refractivity contribution >= 4 is 22.5 Å². The molecule has 23 heavy (non-hydrogen) atoms. The van der Waals surface area contributed by atoms with Crippen LogP contribution in [0.3, 0.4) is 0 Å². The van der Waals surface area contributed by atoms with Gasteiger partial charge in [-0.15, -0.1) is 0 Å². The molecule has 116 valence electrons. The lowest BCUT2D eigenvalue weighted by Gasteiger charge is -2.11. The number of rotatable bonds is 3. The van der Waals surface area contributed by atoms with Crippen LogP contribution in [0.5, 0.6) is 0 Å². The number of nitrogens with zero attached hydrogens (tertiary/aromatic N) is 1. The molecule has 0 radical (unpaired) electrons. The Hall–Kier alpha value is -2.95. The molecular formula is C18H17N3O2. The molecule has 5 heteroatoms. The zero-order valence-corrected chi connectivity index (χ0v) is 13.0. The second-order valence-corrected chi connectivity index (χ2v) is 5.67. The van der Waals surface area contributed by atoms with Crippen LogP contribution in [0.2, 0.25) is 0 Å². The van der Waals surface area contributed by atoms with Gasteiger partial charge in [-0.2, -0.15) is 0 Å². The number of aromatic amines is 1. The highest BCUT2D eigenvalue weighted by atomic mass is 16.2. The number of benzene rings is 1. The lowest BCUT2D eigenvalue weighted by Crippen LogP contribution is -2.13. The second kappa shape index (κ2) is 6.04. The van der Waals surface area contributed by atoms with Crippen molar-refractivity contribution in [2.75, 3.05) is 5.32 Å². The van der Waals surface area contributed by atoms with E-state index in [0.717, 1.165) is 10.9 Å². The maximum absolute atomic E-state index is 12.1. The van der Waals surface area contributed by atoms with Gasteiger partial charge >= 0.3 is 0 Å². The fourth-order valence-electron chi connectivity index (χ4n) is 2.53. The van der Waals surface area contributed by atoms with Gasteiger partial charge < -0.3 is 10.3 Å². The topological polar surface area (TPSA) is 74.8 Å². The molecule has 0 fully saturated rings. The van der Waals surface area contributed by atoms with Gasteiger partial charge in [0.1, 0.15) is 5.69 Å². The second-order valence-electron chi connectivity index (χ2n) is 5.67. The molecule has 0 bridgehead atoms. The first-order valence-electron chi connectivity index (χ1n) is 7.44.